The van der Waals surface area contributed by atoms with Gasteiger partial charge in [-0.25, -0.2) is 0 Å². The van der Waals surface area contributed by atoms with Crippen molar-refractivity contribution in [2.24, 2.45) is 0 Å². The summed E-state index contributed by atoms with van der Waals surface area (Å²) in [5, 5.41) is 18.1. The van der Waals surface area contributed by atoms with Gasteiger partial charge < -0.3 is 24.4 Å². The Morgan fingerprint density at radius 1 is 0.900 bits per heavy atom. The lowest BCUT2D eigenvalue weighted by molar-refractivity contribution is -0.154. The first-order valence-corrected chi connectivity index (χ1v) is 7.37. The van der Waals surface area contributed by atoms with E-state index in [4.69, 9.17) is 24.4 Å². The molecule has 0 heterocycles. The third-order valence-corrected chi connectivity index (χ3v) is 3.08. The average Bonchev–Trinajstić information content (AvgIpc) is 2.32. The van der Waals surface area contributed by atoms with Crippen LogP contribution < -0.4 is 0 Å². The van der Waals surface area contributed by atoms with Crippen LogP contribution in [-0.4, -0.2) is 60.6 Å². The minimum absolute atomic E-state index is 0.0885. The van der Waals surface area contributed by atoms with Gasteiger partial charge in [0.05, 0.1) is 24.4 Å². The third-order valence-electron chi connectivity index (χ3n) is 3.08. The molecule has 0 aliphatic heterocycles. The fraction of sp³-hybridized carbons (Fsp3) is 1.00. The van der Waals surface area contributed by atoms with Crippen molar-refractivity contribution >= 4 is 0 Å². The maximum Gasteiger partial charge on any atom is 0.105 e. The Kier molecular flexibility index (Phi) is 9.59. The van der Waals surface area contributed by atoms with Gasteiger partial charge in [0, 0.05) is 19.8 Å². The molecule has 5 nitrogen and oxygen atoms in total. The minimum Gasteiger partial charge on any atom is -0.396 e. The van der Waals surface area contributed by atoms with E-state index in [9.17, 15) is 0 Å². The van der Waals surface area contributed by atoms with E-state index in [1.165, 1.54) is 0 Å². The summed E-state index contributed by atoms with van der Waals surface area (Å²) in [6, 6.07) is 0. The van der Waals surface area contributed by atoms with Crippen molar-refractivity contribution in [3.05, 3.63) is 0 Å². The van der Waals surface area contributed by atoms with E-state index in [-0.39, 0.29) is 24.9 Å². The van der Waals surface area contributed by atoms with Gasteiger partial charge in [0.1, 0.15) is 6.10 Å². The fourth-order valence-electron chi connectivity index (χ4n) is 1.80. The predicted molar refractivity (Wildman–Crippen MR) is 78.9 cm³/mol. The molecule has 5 heteroatoms. The third kappa shape index (κ3) is 9.66. The molecule has 2 N–H and O–H groups in total. The quantitative estimate of drug-likeness (QED) is 0.573. The monoisotopic (exact) mass is 292 g/mol. The van der Waals surface area contributed by atoms with E-state index >= 15 is 0 Å². The second-order valence-electron chi connectivity index (χ2n) is 6.18. The number of rotatable bonds is 12. The summed E-state index contributed by atoms with van der Waals surface area (Å²) in [5.74, 6) is 0. The summed E-state index contributed by atoms with van der Waals surface area (Å²) in [6.45, 7) is 11.4. The zero-order valence-electron chi connectivity index (χ0n) is 13.6. The second-order valence-corrected chi connectivity index (χ2v) is 6.18. The number of hydrogen-bond donors (Lipinski definition) is 2. The van der Waals surface area contributed by atoms with Crippen molar-refractivity contribution in [1.29, 1.82) is 0 Å². The van der Waals surface area contributed by atoms with Gasteiger partial charge in [-0.3, -0.25) is 0 Å². The molecule has 0 aliphatic carbocycles. The molecule has 0 radical (unpaired) electrons. The van der Waals surface area contributed by atoms with Crippen molar-refractivity contribution in [3.63, 3.8) is 0 Å². The van der Waals surface area contributed by atoms with Crippen molar-refractivity contribution in [2.45, 2.75) is 64.8 Å². The maximum absolute atomic E-state index is 9.05. The molecule has 0 aromatic heterocycles. The van der Waals surface area contributed by atoms with Gasteiger partial charge in [0.15, 0.2) is 0 Å². The molecular weight excluding hydrogens is 260 g/mol. The summed E-state index contributed by atoms with van der Waals surface area (Å²) in [5.41, 5.74) is -0.801. The lowest BCUT2D eigenvalue weighted by atomic mass is 10.1. The molecule has 1 unspecified atom stereocenters. The van der Waals surface area contributed by atoms with Gasteiger partial charge in [-0.1, -0.05) is 0 Å². The molecule has 0 amide bonds. The molecule has 0 aromatic carbocycles. The first kappa shape index (κ1) is 19.8. The molecule has 0 saturated heterocycles. The zero-order valence-corrected chi connectivity index (χ0v) is 13.6. The molecule has 122 valence electrons. The Balaban J connectivity index is 4.41. The van der Waals surface area contributed by atoms with E-state index in [1.54, 1.807) is 0 Å². The van der Waals surface area contributed by atoms with Crippen LogP contribution >= 0.6 is 0 Å². The first-order valence-electron chi connectivity index (χ1n) is 7.37. The predicted octanol–water partition coefficient (Wildman–Crippen LogP) is 1.75. The molecule has 0 spiro atoms. The van der Waals surface area contributed by atoms with Gasteiger partial charge in [-0.2, -0.15) is 0 Å². The van der Waals surface area contributed by atoms with Crippen LogP contribution in [0.3, 0.4) is 0 Å². The number of hydrogen-bond acceptors (Lipinski definition) is 5. The number of ether oxygens (including phenoxy) is 3. The van der Waals surface area contributed by atoms with E-state index < -0.39 is 5.60 Å². The molecule has 0 fully saturated rings. The minimum atomic E-state index is -0.416. The van der Waals surface area contributed by atoms with Crippen LogP contribution in [-0.2, 0) is 14.2 Å². The maximum atomic E-state index is 9.05. The lowest BCUT2D eigenvalue weighted by Gasteiger charge is -2.33. The molecule has 0 saturated carbocycles. The Morgan fingerprint density at radius 3 is 1.95 bits per heavy atom. The molecule has 0 aliphatic rings. The summed E-state index contributed by atoms with van der Waals surface area (Å²) in [7, 11) is 0. The number of aliphatic hydroxyl groups excluding tert-OH is 2. The van der Waals surface area contributed by atoms with Crippen LogP contribution in [0.4, 0.5) is 0 Å². The van der Waals surface area contributed by atoms with Crippen LogP contribution in [0.5, 0.6) is 0 Å². The van der Waals surface area contributed by atoms with E-state index in [2.05, 4.69) is 0 Å². The van der Waals surface area contributed by atoms with Gasteiger partial charge in [0.25, 0.3) is 0 Å². The summed E-state index contributed by atoms with van der Waals surface area (Å²) >= 11 is 0. The Hall–Kier alpha value is -0.200. The molecule has 1 atom stereocenters. The Bertz CT molecular complexity index is 240. The van der Waals surface area contributed by atoms with Crippen LogP contribution in [0.25, 0.3) is 0 Å². The molecular formula is C15H32O5. The average molecular weight is 292 g/mol. The van der Waals surface area contributed by atoms with Crippen LogP contribution in [0.2, 0.25) is 0 Å². The highest BCUT2D eigenvalue weighted by Crippen LogP contribution is 2.20. The van der Waals surface area contributed by atoms with Crippen LogP contribution in [0, 0.1) is 0 Å². The van der Waals surface area contributed by atoms with Crippen molar-refractivity contribution < 1.29 is 24.4 Å². The normalized spacial score (nSPS) is 14.6. The first-order chi connectivity index (χ1) is 9.26. The second kappa shape index (κ2) is 9.68. The highest BCUT2D eigenvalue weighted by atomic mass is 16.6. The highest BCUT2D eigenvalue weighted by Gasteiger charge is 2.26. The van der Waals surface area contributed by atoms with Gasteiger partial charge in [-0.05, 0) is 47.5 Å². The van der Waals surface area contributed by atoms with E-state index in [1.807, 2.05) is 34.6 Å². The SMILES string of the molecule is CCOCC(COC(C)(C)CCO)OC(C)(C)CCO. The summed E-state index contributed by atoms with van der Waals surface area (Å²) < 4.78 is 17.2. The molecule has 0 bridgehead atoms. The highest BCUT2D eigenvalue weighted by molar-refractivity contribution is 4.74. The van der Waals surface area contributed by atoms with Crippen molar-refractivity contribution in [3.8, 4) is 0 Å². The molecule has 20 heavy (non-hydrogen) atoms. The van der Waals surface area contributed by atoms with Crippen LogP contribution in [0.1, 0.15) is 47.5 Å². The zero-order chi connectivity index (χ0) is 15.6. The smallest absolute Gasteiger partial charge is 0.105 e. The Labute approximate surface area is 123 Å². The fourth-order valence-corrected chi connectivity index (χ4v) is 1.80. The van der Waals surface area contributed by atoms with E-state index in [0.717, 1.165) is 0 Å². The largest absolute Gasteiger partial charge is 0.396 e. The summed E-state index contributed by atoms with van der Waals surface area (Å²) in [4.78, 5) is 0. The lowest BCUT2D eigenvalue weighted by Crippen LogP contribution is -2.39. The van der Waals surface area contributed by atoms with Crippen LogP contribution in [0.15, 0.2) is 0 Å². The molecule has 0 rings (SSSR count). The molecule has 0 aromatic rings. The van der Waals surface area contributed by atoms with Gasteiger partial charge in [0.2, 0.25) is 0 Å². The van der Waals surface area contributed by atoms with Gasteiger partial charge >= 0.3 is 0 Å². The van der Waals surface area contributed by atoms with E-state index in [0.29, 0.717) is 32.7 Å². The van der Waals surface area contributed by atoms with Crippen molar-refractivity contribution in [2.75, 3.05) is 33.0 Å². The van der Waals surface area contributed by atoms with Gasteiger partial charge in [-0.15, -0.1) is 0 Å². The van der Waals surface area contributed by atoms with Crippen molar-refractivity contribution in [1.82, 2.24) is 0 Å². The Morgan fingerprint density at radius 2 is 1.45 bits per heavy atom. The topological polar surface area (TPSA) is 68.2 Å². The number of aliphatic hydroxyl groups is 2. The summed E-state index contributed by atoms with van der Waals surface area (Å²) in [6.07, 6.45) is 0.957. The standard InChI is InChI=1S/C15H32O5/c1-6-18-11-13(20-15(4,5)8-10-17)12-19-14(2,3)7-9-16/h13,16-17H,6-12H2,1-5H3.